The Hall–Kier alpha value is -1.59. The summed E-state index contributed by atoms with van der Waals surface area (Å²) in [6.45, 7) is 6.13. The first-order valence-corrected chi connectivity index (χ1v) is 6.41. The van der Waals surface area contributed by atoms with Crippen molar-refractivity contribution in [3.05, 3.63) is 0 Å². The third-order valence-electron chi connectivity index (χ3n) is 3.36. The van der Waals surface area contributed by atoms with Gasteiger partial charge in [0, 0.05) is 6.54 Å². The lowest BCUT2D eigenvalue weighted by atomic mass is 9.86. The average Bonchev–Trinajstić information content (AvgIpc) is 2.81. The van der Waals surface area contributed by atoms with Crippen molar-refractivity contribution in [2.75, 3.05) is 13.7 Å². The molecule has 1 rings (SSSR count). The first kappa shape index (κ1) is 15.5. The molecule has 1 saturated heterocycles. The molecule has 2 amide bonds. The predicted molar refractivity (Wildman–Crippen MR) is 69.2 cm³/mol. The molecule has 1 heterocycles. The Morgan fingerprint density at radius 3 is 2.53 bits per heavy atom. The molecule has 6 nitrogen and oxygen atoms in total. The maximum Gasteiger partial charge on any atom is 0.328 e. The zero-order valence-electron chi connectivity index (χ0n) is 11.9. The molecule has 0 aromatic rings. The second-order valence-electron chi connectivity index (χ2n) is 5.80. The molecule has 1 aliphatic heterocycles. The van der Waals surface area contributed by atoms with Gasteiger partial charge in [0.25, 0.3) is 0 Å². The molecule has 1 N–H and O–H groups in total. The van der Waals surface area contributed by atoms with Gasteiger partial charge in [-0.25, -0.2) is 4.79 Å². The zero-order valence-corrected chi connectivity index (χ0v) is 11.9. The topological polar surface area (TPSA) is 75.7 Å². The molecule has 0 aliphatic carbocycles. The van der Waals surface area contributed by atoms with Gasteiger partial charge < -0.3 is 15.0 Å². The van der Waals surface area contributed by atoms with Crippen molar-refractivity contribution in [1.29, 1.82) is 0 Å². The minimum absolute atomic E-state index is 0.229. The first-order chi connectivity index (χ1) is 8.82. The molecule has 1 fully saturated rings. The number of carbonyl (C=O) groups is 3. The summed E-state index contributed by atoms with van der Waals surface area (Å²) in [6.07, 6.45) is 1.90. The Labute approximate surface area is 113 Å². The molecule has 108 valence electrons. The lowest BCUT2D eigenvalue weighted by Gasteiger charge is -2.34. The van der Waals surface area contributed by atoms with Gasteiger partial charge in [-0.2, -0.15) is 0 Å². The lowest BCUT2D eigenvalue weighted by Crippen LogP contribution is -2.55. The van der Waals surface area contributed by atoms with Gasteiger partial charge in [0.05, 0.1) is 7.11 Å². The van der Waals surface area contributed by atoms with Crippen molar-refractivity contribution in [1.82, 2.24) is 10.2 Å². The van der Waals surface area contributed by atoms with Crippen LogP contribution in [-0.4, -0.2) is 48.9 Å². The zero-order chi connectivity index (χ0) is 14.6. The van der Waals surface area contributed by atoms with E-state index in [9.17, 15) is 14.4 Å². The Kier molecular flexibility index (Phi) is 4.91. The highest BCUT2D eigenvalue weighted by Gasteiger charge is 2.41. The fourth-order valence-electron chi connectivity index (χ4n) is 2.34. The van der Waals surface area contributed by atoms with Crippen LogP contribution in [0.15, 0.2) is 0 Å². The molecule has 2 atom stereocenters. The van der Waals surface area contributed by atoms with Gasteiger partial charge in [0.15, 0.2) is 0 Å². The van der Waals surface area contributed by atoms with Crippen LogP contribution in [0.2, 0.25) is 0 Å². The summed E-state index contributed by atoms with van der Waals surface area (Å²) in [5.74, 6) is -0.628. The molecule has 6 heteroatoms. The van der Waals surface area contributed by atoms with Crippen LogP contribution >= 0.6 is 0 Å². The van der Waals surface area contributed by atoms with E-state index >= 15 is 0 Å². The molecule has 0 bridgehead atoms. The highest BCUT2D eigenvalue weighted by molar-refractivity contribution is 5.89. The summed E-state index contributed by atoms with van der Waals surface area (Å²) in [6, 6.07) is -1.17. The third-order valence-corrected chi connectivity index (χ3v) is 3.36. The van der Waals surface area contributed by atoms with E-state index in [4.69, 9.17) is 4.74 Å². The number of esters is 1. The predicted octanol–water partition coefficient (Wildman–Crippen LogP) is 0.311. The molecule has 1 aliphatic rings. The SMILES string of the molecule is COC(=O)C1CCCN1C(=O)[C@@H](NC=O)C(C)(C)C. The Balaban J connectivity index is 2.90. The molecule has 0 radical (unpaired) electrons. The fourth-order valence-corrected chi connectivity index (χ4v) is 2.34. The number of hydrogen-bond donors (Lipinski definition) is 1. The maximum absolute atomic E-state index is 12.5. The quantitative estimate of drug-likeness (QED) is 0.589. The van der Waals surface area contributed by atoms with Crippen LogP contribution in [0.3, 0.4) is 0 Å². The van der Waals surface area contributed by atoms with Gasteiger partial charge in [-0.15, -0.1) is 0 Å². The van der Waals surface area contributed by atoms with Crippen molar-refractivity contribution in [2.45, 2.75) is 45.7 Å². The minimum Gasteiger partial charge on any atom is -0.467 e. The van der Waals surface area contributed by atoms with E-state index in [0.717, 1.165) is 6.42 Å². The second-order valence-corrected chi connectivity index (χ2v) is 5.80. The van der Waals surface area contributed by atoms with E-state index < -0.39 is 23.5 Å². The standard InChI is InChI=1S/C13H22N2O4/c1-13(2,3)10(14-8-16)11(17)15-7-5-6-9(15)12(18)19-4/h8-10H,5-7H2,1-4H3,(H,14,16)/t9?,10-/m1/s1. The van der Waals surface area contributed by atoms with E-state index in [1.54, 1.807) is 0 Å². The largest absolute Gasteiger partial charge is 0.467 e. The van der Waals surface area contributed by atoms with Crippen molar-refractivity contribution in [3.63, 3.8) is 0 Å². The second kappa shape index (κ2) is 6.04. The number of rotatable bonds is 4. The monoisotopic (exact) mass is 270 g/mol. The summed E-state index contributed by atoms with van der Waals surface area (Å²) < 4.78 is 4.72. The number of ether oxygens (including phenoxy) is 1. The number of amides is 2. The first-order valence-electron chi connectivity index (χ1n) is 6.41. The van der Waals surface area contributed by atoms with Gasteiger partial charge in [-0.3, -0.25) is 9.59 Å². The number of carbonyl (C=O) groups excluding carboxylic acids is 3. The van der Waals surface area contributed by atoms with Crippen molar-refractivity contribution in [3.8, 4) is 0 Å². The maximum atomic E-state index is 12.5. The van der Waals surface area contributed by atoms with Crippen LogP contribution < -0.4 is 5.32 Å². The molecule has 0 spiro atoms. The number of nitrogens with zero attached hydrogens (tertiary/aromatic N) is 1. The summed E-state index contributed by atoms with van der Waals surface area (Å²) in [5.41, 5.74) is -0.415. The van der Waals surface area contributed by atoms with Crippen LogP contribution in [0, 0.1) is 5.41 Å². The number of methoxy groups -OCH3 is 1. The van der Waals surface area contributed by atoms with Gasteiger partial charge in [-0.1, -0.05) is 20.8 Å². The molecule has 0 aromatic heterocycles. The lowest BCUT2D eigenvalue weighted by molar-refractivity contribution is -0.152. The van der Waals surface area contributed by atoms with E-state index in [-0.39, 0.29) is 5.91 Å². The van der Waals surface area contributed by atoms with E-state index in [1.165, 1.54) is 12.0 Å². The summed E-state index contributed by atoms with van der Waals surface area (Å²) in [4.78, 5) is 36.4. The number of likely N-dealkylation sites (tertiary alicyclic amines) is 1. The summed E-state index contributed by atoms with van der Waals surface area (Å²) >= 11 is 0. The highest BCUT2D eigenvalue weighted by Crippen LogP contribution is 2.25. The van der Waals surface area contributed by atoms with Crippen molar-refractivity contribution >= 4 is 18.3 Å². The number of hydrogen-bond acceptors (Lipinski definition) is 4. The Morgan fingerprint density at radius 2 is 2.05 bits per heavy atom. The van der Waals surface area contributed by atoms with Crippen LogP contribution in [0.5, 0.6) is 0 Å². The Bertz CT molecular complexity index is 362. The average molecular weight is 270 g/mol. The fraction of sp³-hybridized carbons (Fsp3) is 0.769. The molecule has 19 heavy (non-hydrogen) atoms. The van der Waals surface area contributed by atoms with Crippen LogP contribution in [-0.2, 0) is 19.1 Å². The Morgan fingerprint density at radius 1 is 1.42 bits per heavy atom. The normalized spacial score (nSPS) is 20.8. The van der Waals surface area contributed by atoms with E-state index in [1.807, 2.05) is 20.8 Å². The van der Waals surface area contributed by atoms with Gasteiger partial charge in [0.2, 0.25) is 12.3 Å². The molecule has 0 saturated carbocycles. The van der Waals surface area contributed by atoms with E-state index in [2.05, 4.69) is 5.32 Å². The number of nitrogens with one attached hydrogen (secondary N) is 1. The van der Waals surface area contributed by atoms with Crippen LogP contribution in [0.25, 0.3) is 0 Å². The van der Waals surface area contributed by atoms with Crippen molar-refractivity contribution < 1.29 is 19.1 Å². The van der Waals surface area contributed by atoms with Gasteiger partial charge in [0.1, 0.15) is 12.1 Å². The summed E-state index contributed by atoms with van der Waals surface area (Å²) in [5, 5.41) is 2.55. The molecule has 0 aromatic carbocycles. The molecule has 1 unspecified atom stereocenters. The van der Waals surface area contributed by atoms with Crippen LogP contribution in [0.4, 0.5) is 0 Å². The van der Waals surface area contributed by atoms with Crippen molar-refractivity contribution in [2.24, 2.45) is 5.41 Å². The van der Waals surface area contributed by atoms with Crippen LogP contribution in [0.1, 0.15) is 33.6 Å². The smallest absolute Gasteiger partial charge is 0.328 e. The molecular formula is C13H22N2O4. The third kappa shape index (κ3) is 3.45. The van der Waals surface area contributed by atoms with E-state index in [0.29, 0.717) is 19.4 Å². The van der Waals surface area contributed by atoms with Gasteiger partial charge in [-0.05, 0) is 18.3 Å². The van der Waals surface area contributed by atoms with Gasteiger partial charge >= 0.3 is 5.97 Å². The minimum atomic E-state index is -0.643. The molecular weight excluding hydrogens is 248 g/mol. The summed E-state index contributed by atoms with van der Waals surface area (Å²) in [7, 11) is 1.31. The highest BCUT2D eigenvalue weighted by atomic mass is 16.5.